The molecule has 8 heteroatoms. The zero-order valence-electron chi connectivity index (χ0n) is 19.7. The highest BCUT2D eigenvalue weighted by atomic mass is 16.5. The number of pyridine rings is 1. The lowest BCUT2D eigenvalue weighted by atomic mass is 10.1. The number of hydrogen-bond acceptors (Lipinski definition) is 7. The van der Waals surface area contributed by atoms with Gasteiger partial charge in [0.1, 0.15) is 5.82 Å². The van der Waals surface area contributed by atoms with Gasteiger partial charge in [0, 0.05) is 49.1 Å². The smallest absolute Gasteiger partial charge is 0.255 e. The first-order chi connectivity index (χ1) is 17.0. The minimum absolute atomic E-state index is 0.0894. The molecule has 0 saturated heterocycles. The monoisotopic (exact) mass is 469 g/mol. The van der Waals surface area contributed by atoms with Crippen LogP contribution in [0, 0.1) is 0 Å². The van der Waals surface area contributed by atoms with E-state index in [9.17, 15) is 4.79 Å². The molecule has 0 aliphatic carbocycles. The highest BCUT2D eigenvalue weighted by Gasteiger charge is 2.22. The van der Waals surface area contributed by atoms with Crippen molar-refractivity contribution in [2.75, 3.05) is 26.5 Å². The van der Waals surface area contributed by atoms with Crippen LogP contribution in [0.3, 0.4) is 0 Å². The van der Waals surface area contributed by atoms with Gasteiger partial charge in [-0.3, -0.25) is 14.7 Å². The summed E-state index contributed by atoms with van der Waals surface area (Å²) in [5, 5.41) is 0. The molecule has 0 spiro atoms. The highest BCUT2D eigenvalue weighted by molar-refractivity contribution is 5.64. The second kappa shape index (κ2) is 9.60. The van der Waals surface area contributed by atoms with Crippen molar-refractivity contribution in [2.45, 2.75) is 19.5 Å². The predicted molar refractivity (Wildman–Crippen MR) is 135 cm³/mol. The van der Waals surface area contributed by atoms with E-state index in [4.69, 9.17) is 20.2 Å². The van der Waals surface area contributed by atoms with E-state index < -0.39 is 0 Å². The van der Waals surface area contributed by atoms with Gasteiger partial charge in [0.25, 0.3) is 5.56 Å². The predicted octanol–water partition coefficient (Wildman–Crippen LogP) is 3.66. The number of ether oxygens (including phenoxy) is 2. The van der Waals surface area contributed by atoms with Gasteiger partial charge in [0.15, 0.2) is 11.5 Å². The Bertz CT molecular complexity index is 1400. The van der Waals surface area contributed by atoms with Gasteiger partial charge in [-0.15, -0.1) is 0 Å². The van der Waals surface area contributed by atoms with Crippen molar-refractivity contribution in [3.05, 3.63) is 88.0 Å². The molecule has 3 N–H and O–H groups in total. The number of rotatable bonds is 6. The van der Waals surface area contributed by atoms with E-state index in [1.54, 1.807) is 26.4 Å². The largest absolute Gasteiger partial charge is 0.493 e. The van der Waals surface area contributed by atoms with E-state index in [-0.39, 0.29) is 5.56 Å². The van der Waals surface area contributed by atoms with E-state index in [2.05, 4.69) is 20.9 Å². The van der Waals surface area contributed by atoms with E-state index in [1.807, 2.05) is 42.6 Å². The zero-order chi connectivity index (χ0) is 24.4. The fraction of sp³-hybridized carbons (Fsp3) is 0.222. The molecule has 0 radical (unpaired) electrons. The lowest BCUT2D eigenvalue weighted by Gasteiger charge is -2.27. The molecule has 1 aliphatic heterocycles. The van der Waals surface area contributed by atoms with Gasteiger partial charge in [-0.1, -0.05) is 6.07 Å². The summed E-state index contributed by atoms with van der Waals surface area (Å²) in [6.07, 6.45) is 2.60. The van der Waals surface area contributed by atoms with E-state index in [1.165, 1.54) is 0 Å². The summed E-state index contributed by atoms with van der Waals surface area (Å²) >= 11 is 0. The second-order valence-electron chi connectivity index (χ2n) is 8.54. The summed E-state index contributed by atoms with van der Waals surface area (Å²) in [5.74, 6) is 1.93. The van der Waals surface area contributed by atoms with Crippen LogP contribution in [0.15, 0.2) is 65.6 Å². The van der Waals surface area contributed by atoms with Crippen molar-refractivity contribution in [3.8, 4) is 34.1 Å². The van der Waals surface area contributed by atoms with Crippen molar-refractivity contribution in [3.63, 3.8) is 0 Å². The summed E-state index contributed by atoms with van der Waals surface area (Å²) in [6, 6.07) is 17.2. The first-order valence-corrected chi connectivity index (χ1v) is 11.4. The number of H-pyrrole nitrogens is 1. The van der Waals surface area contributed by atoms with Crippen molar-refractivity contribution in [2.24, 2.45) is 0 Å². The number of nitrogen functional groups attached to an aromatic ring is 1. The molecular formula is C27H27N5O3. The number of aromatic amines is 1. The van der Waals surface area contributed by atoms with Crippen LogP contribution in [-0.2, 0) is 19.5 Å². The van der Waals surface area contributed by atoms with Gasteiger partial charge in [-0.25, -0.2) is 4.98 Å². The highest BCUT2D eigenvalue weighted by Crippen LogP contribution is 2.31. The van der Waals surface area contributed by atoms with E-state index >= 15 is 0 Å². The van der Waals surface area contributed by atoms with Crippen LogP contribution >= 0.6 is 0 Å². The number of fused-ring (bicyclic) bond motifs is 1. The topological polar surface area (TPSA) is 106 Å². The van der Waals surface area contributed by atoms with Gasteiger partial charge >= 0.3 is 0 Å². The second-order valence-corrected chi connectivity index (χ2v) is 8.54. The Hall–Kier alpha value is -4.17. The molecule has 5 rings (SSSR count). The number of benzene rings is 2. The summed E-state index contributed by atoms with van der Waals surface area (Å²) in [7, 11) is 3.24. The van der Waals surface area contributed by atoms with Crippen LogP contribution in [0.2, 0.25) is 0 Å². The Morgan fingerprint density at radius 3 is 2.49 bits per heavy atom. The Morgan fingerprint density at radius 2 is 1.77 bits per heavy atom. The quantitative estimate of drug-likeness (QED) is 0.415. The van der Waals surface area contributed by atoms with Gasteiger partial charge in [0.2, 0.25) is 0 Å². The van der Waals surface area contributed by atoms with Crippen molar-refractivity contribution in [1.82, 2.24) is 19.9 Å². The summed E-state index contributed by atoms with van der Waals surface area (Å²) < 4.78 is 10.7. The Balaban J connectivity index is 1.30. The van der Waals surface area contributed by atoms with Crippen LogP contribution in [0.4, 0.5) is 5.69 Å². The number of aromatic nitrogens is 3. The average Bonchev–Trinajstić information content (AvgIpc) is 2.89. The summed E-state index contributed by atoms with van der Waals surface area (Å²) in [4.78, 5) is 27.4. The fourth-order valence-corrected chi connectivity index (χ4v) is 4.34. The molecule has 1 aliphatic rings. The van der Waals surface area contributed by atoms with Crippen LogP contribution in [-0.4, -0.2) is 40.6 Å². The van der Waals surface area contributed by atoms with Crippen molar-refractivity contribution < 1.29 is 9.47 Å². The molecule has 35 heavy (non-hydrogen) atoms. The van der Waals surface area contributed by atoms with Crippen molar-refractivity contribution >= 4 is 5.69 Å². The number of nitrogens with one attached hydrogen (secondary N) is 1. The Kier molecular flexibility index (Phi) is 6.20. The van der Waals surface area contributed by atoms with Gasteiger partial charge in [0.05, 0.1) is 31.2 Å². The number of hydrogen-bond donors (Lipinski definition) is 2. The number of anilines is 1. The fourth-order valence-electron chi connectivity index (χ4n) is 4.34. The first-order valence-electron chi connectivity index (χ1n) is 11.4. The molecule has 3 heterocycles. The summed E-state index contributed by atoms with van der Waals surface area (Å²) in [5.41, 5.74) is 11.7. The zero-order valence-corrected chi connectivity index (χ0v) is 19.7. The van der Waals surface area contributed by atoms with Gasteiger partial charge in [-0.2, -0.15) is 0 Å². The average molecular weight is 470 g/mol. The molecule has 0 unspecified atom stereocenters. The molecule has 8 nitrogen and oxygen atoms in total. The van der Waals surface area contributed by atoms with Crippen LogP contribution < -0.4 is 20.8 Å². The molecule has 0 bridgehead atoms. The maximum absolute atomic E-state index is 12.8. The van der Waals surface area contributed by atoms with Gasteiger partial charge in [-0.05, 0) is 54.1 Å². The third-order valence-corrected chi connectivity index (χ3v) is 6.24. The number of nitrogens with two attached hydrogens (primary N) is 1. The van der Waals surface area contributed by atoms with Gasteiger partial charge < -0.3 is 20.2 Å². The molecule has 2 aromatic carbocycles. The number of methoxy groups -OCH3 is 2. The Morgan fingerprint density at radius 1 is 1.00 bits per heavy atom. The van der Waals surface area contributed by atoms with E-state index in [0.29, 0.717) is 36.1 Å². The standard InChI is InChI=1S/C27H27N5O3/c1-34-24-10-6-19(13-25(24)35-2)22-9-3-17(14-29-22)15-32-12-11-23-21(16-32)27(33)31-26(30-23)18-4-7-20(28)8-5-18/h3-10,13-14H,11-12,15-16,28H2,1-2H3,(H,30,31,33). The Labute approximate surface area is 203 Å². The molecular weight excluding hydrogens is 442 g/mol. The lowest BCUT2D eigenvalue weighted by molar-refractivity contribution is 0.241. The molecule has 0 fully saturated rings. The molecule has 178 valence electrons. The molecule has 2 aromatic heterocycles. The lowest BCUT2D eigenvalue weighted by Crippen LogP contribution is -2.35. The van der Waals surface area contributed by atoms with E-state index in [0.717, 1.165) is 46.6 Å². The number of nitrogens with zero attached hydrogens (tertiary/aromatic N) is 3. The van der Waals surface area contributed by atoms with Crippen molar-refractivity contribution in [1.29, 1.82) is 0 Å². The molecule has 0 atom stereocenters. The third-order valence-electron chi connectivity index (χ3n) is 6.24. The van der Waals surface area contributed by atoms with Crippen LogP contribution in [0.1, 0.15) is 16.8 Å². The third kappa shape index (κ3) is 4.74. The summed E-state index contributed by atoms with van der Waals surface area (Å²) in [6.45, 7) is 2.08. The normalized spacial score (nSPS) is 13.3. The van der Waals surface area contributed by atoms with Crippen LogP contribution in [0.5, 0.6) is 11.5 Å². The molecule has 4 aromatic rings. The minimum Gasteiger partial charge on any atom is -0.493 e. The van der Waals surface area contributed by atoms with Crippen LogP contribution in [0.25, 0.3) is 22.6 Å². The maximum atomic E-state index is 12.8. The minimum atomic E-state index is -0.0894. The molecule has 0 saturated carbocycles. The first kappa shape index (κ1) is 22.6. The molecule has 0 amide bonds. The maximum Gasteiger partial charge on any atom is 0.255 e. The SMILES string of the molecule is COc1ccc(-c2ccc(CN3CCc4nc(-c5ccc(N)cc5)[nH]c(=O)c4C3)cn2)cc1OC.